The van der Waals surface area contributed by atoms with Crippen molar-refractivity contribution in [1.29, 1.82) is 0 Å². The summed E-state index contributed by atoms with van der Waals surface area (Å²) < 4.78 is 19.9. The van der Waals surface area contributed by atoms with E-state index in [1.807, 2.05) is 12.1 Å². The van der Waals surface area contributed by atoms with Gasteiger partial charge in [-0.05, 0) is 78.1 Å². The van der Waals surface area contributed by atoms with Crippen LogP contribution in [-0.4, -0.2) is 25.4 Å². The minimum absolute atomic E-state index is 0.379. The van der Waals surface area contributed by atoms with Crippen LogP contribution in [0.15, 0.2) is 33.2 Å². The Bertz CT molecular complexity index is 758. The van der Waals surface area contributed by atoms with Gasteiger partial charge in [-0.1, -0.05) is 22.0 Å². The molecule has 3 nitrogen and oxygen atoms in total. The van der Waals surface area contributed by atoms with Crippen molar-refractivity contribution in [3.63, 3.8) is 0 Å². The third kappa shape index (κ3) is 2.84. The van der Waals surface area contributed by atoms with E-state index in [0.29, 0.717) is 0 Å². The highest BCUT2D eigenvalue weighted by molar-refractivity contribution is 9.11. The molecule has 1 heterocycles. The maximum Gasteiger partial charge on any atom is 0.495 e. The van der Waals surface area contributed by atoms with Crippen molar-refractivity contribution in [2.75, 3.05) is 7.11 Å². The van der Waals surface area contributed by atoms with Crippen molar-refractivity contribution in [2.24, 2.45) is 0 Å². The van der Waals surface area contributed by atoms with E-state index in [-0.39, 0.29) is 11.2 Å². The van der Waals surface area contributed by atoms with Gasteiger partial charge in [0, 0.05) is 4.47 Å². The second-order valence-corrected chi connectivity index (χ2v) is 8.47. The fourth-order valence-corrected chi connectivity index (χ4v) is 3.66. The molecule has 0 radical (unpaired) electrons. The van der Waals surface area contributed by atoms with Crippen LogP contribution in [-0.2, 0) is 9.31 Å². The van der Waals surface area contributed by atoms with Crippen molar-refractivity contribution in [3.8, 4) is 5.75 Å². The molecule has 0 atom stereocenters. The average molecular weight is 442 g/mol. The normalized spacial score (nSPS) is 19.3. The Labute approximate surface area is 154 Å². The van der Waals surface area contributed by atoms with Crippen LogP contribution in [0.2, 0.25) is 0 Å². The van der Waals surface area contributed by atoms with Gasteiger partial charge in [-0.2, -0.15) is 0 Å². The molecule has 122 valence electrons. The van der Waals surface area contributed by atoms with Gasteiger partial charge in [0.05, 0.1) is 22.8 Å². The molecule has 2 aromatic rings. The van der Waals surface area contributed by atoms with Gasteiger partial charge >= 0.3 is 7.12 Å². The first-order valence-corrected chi connectivity index (χ1v) is 9.06. The SMILES string of the molecule is COc1cc(B2OC(C)(C)C(C)(C)O2)c2cc(Br)ccc2c1Br. The lowest BCUT2D eigenvalue weighted by Gasteiger charge is -2.32. The summed E-state index contributed by atoms with van der Waals surface area (Å²) in [6.07, 6.45) is 0. The molecule has 0 amide bonds. The summed E-state index contributed by atoms with van der Waals surface area (Å²) in [6, 6.07) is 8.14. The molecule has 1 aliphatic heterocycles. The molecule has 0 unspecified atom stereocenters. The smallest absolute Gasteiger partial charge is 0.495 e. The molecular weight excluding hydrogens is 423 g/mol. The van der Waals surface area contributed by atoms with Crippen LogP contribution in [0, 0.1) is 0 Å². The molecule has 0 spiro atoms. The Morgan fingerprint density at radius 3 is 2.13 bits per heavy atom. The standard InChI is InChI=1S/C17H19BBr2O3/c1-16(2)17(3,4)23-18(22-16)13-9-14(21-5)15(20)11-7-6-10(19)8-12(11)13/h6-9H,1-5H3. The second-order valence-electron chi connectivity index (χ2n) is 6.76. The third-order valence-electron chi connectivity index (χ3n) is 4.76. The molecular formula is C17H19BBr2O3. The quantitative estimate of drug-likeness (QED) is 0.634. The summed E-state index contributed by atoms with van der Waals surface area (Å²) in [5, 5.41) is 2.14. The second kappa shape index (κ2) is 5.76. The highest BCUT2D eigenvalue weighted by atomic mass is 79.9. The summed E-state index contributed by atoms with van der Waals surface area (Å²) in [7, 11) is 1.23. The van der Waals surface area contributed by atoms with E-state index in [9.17, 15) is 0 Å². The van der Waals surface area contributed by atoms with Crippen LogP contribution in [0.3, 0.4) is 0 Å². The molecule has 1 fully saturated rings. The van der Waals surface area contributed by atoms with Gasteiger partial charge in [0.25, 0.3) is 0 Å². The Morgan fingerprint density at radius 1 is 0.957 bits per heavy atom. The predicted octanol–water partition coefficient (Wildman–Crippen LogP) is 4.67. The summed E-state index contributed by atoms with van der Waals surface area (Å²) in [4.78, 5) is 0. The zero-order chi connectivity index (χ0) is 17.0. The molecule has 1 aliphatic rings. The highest BCUT2D eigenvalue weighted by Gasteiger charge is 2.52. The first-order valence-electron chi connectivity index (χ1n) is 7.47. The molecule has 0 aliphatic carbocycles. The Balaban J connectivity index is 2.22. The fraction of sp³-hybridized carbons (Fsp3) is 0.412. The van der Waals surface area contributed by atoms with Crippen molar-refractivity contribution in [3.05, 3.63) is 33.2 Å². The Morgan fingerprint density at radius 2 is 1.57 bits per heavy atom. The molecule has 6 heteroatoms. The van der Waals surface area contributed by atoms with E-state index >= 15 is 0 Å². The zero-order valence-electron chi connectivity index (χ0n) is 13.9. The lowest BCUT2D eigenvalue weighted by Crippen LogP contribution is -2.41. The van der Waals surface area contributed by atoms with Crippen LogP contribution in [0.4, 0.5) is 0 Å². The van der Waals surface area contributed by atoms with Gasteiger partial charge < -0.3 is 14.0 Å². The van der Waals surface area contributed by atoms with Crippen LogP contribution < -0.4 is 10.2 Å². The number of hydrogen-bond acceptors (Lipinski definition) is 3. The highest BCUT2D eigenvalue weighted by Crippen LogP contribution is 2.39. The van der Waals surface area contributed by atoms with Gasteiger partial charge in [-0.3, -0.25) is 0 Å². The minimum atomic E-state index is -0.432. The van der Waals surface area contributed by atoms with Crippen molar-refractivity contribution in [2.45, 2.75) is 38.9 Å². The monoisotopic (exact) mass is 440 g/mol. The molecule has 3 rings (SSSR count). The summed E-state index contributed by atoms with van der Waals surface area (Å²) in [5.41, 5.74) is 0.215. The topological polar surface area (TPSA) is 27.7 Å². The maximum absolute atomic E-state index is 6.23. The predicted molar refractivity (Wildman–Crippen MR) is 102 cm³/mol. The zero-order valence-corrected chi connectivity index (χ0v) is 17.0. The lowest BCUT2D eigenvalue weighted by atomic mass is 9.76. The Kier molecular flexibility index (Phi) is 4.33. The number of halogens is 2. The van der Waals surface area contributed by atoms with Crippen LogP contribution >= 0.6 is 31.9 Å². The van der Waals surface area contributed by atoms with Gasteiger partial charge in [-0.15, -0.1) is 0 Å². The van der Waals surface area contributed by atoms with E-state index in [4.69, 9.17) is 14.0 Å². The van der Waals surface area contributed by atoms with Gasteiger partial charge in [0.15, 0.2) is 0 Å². The van der Waals surface area contributed by atoms with Gasteiger partial charge in [0.1, 0.15) is 5.75 Å². The minimum Gasteiger partial charge on any atom is -0.496 e. The molecule has 23 heavy (non-hydrogen) atoms. The number of fused-ring (bicyclic) bond motifs is 1. The first-order chi connectivity index (χ1) is 10.7. The summed E-state index contributed by atoms with van der Waals surface area (Å²) >= 11 is 7.18. The van der Waals surface area contributed by atoms with Crippen molar-refractivity contribution in [1.82, 2.24) is 0 Å². The average Bonchev–Trinajstić information content (AvgIpc) is 2.67. The summed E-state index contributed by atoms with van der Waals surface area (Å²) in [5.74, 6) is 0.768. The maximum atomic E-state index is 6.23. The van der Waals surface area contributed by atoms with E-state index in [1.165, 1.54) is 0 Å². The number of rotatable bonds is 2. The largest absolute Gasteiger partial charge is 0.496 e. The van der Waals surface area contributed by atoms with Crippen LogP contribution in [0.1, 0.15) is 27.7 Å². The molecule has 1 saturated heterocycles. The van der Waals surface area contributed by atoms with Crippen molar-refractivity contribution >= 4 is 55.2 Å². The van der Waals surface area contributed by atoms with E-state index in [1.54, 1.807) is 7.11 Å². The summed E-state index contributed by atoms with van der Waals surface area (Å²) in [6.45, 7) is 8.23. The van der Waals surface area contributed by atoms with E-state index < -0.39 is 7.12 Å². The molecule has 0 bridgehead atoms. The van der Waals surface area contributed by atoms with Gasteiger partial charge in [-0.25, -0.2) is 0 Å². The lowest BCUT2D eigenvalue weighted by molar-refractivity contribution is 0.00578. The number of ether oxygens (including phenoxy) is 1. The number of benzene rings is 2. The third-order valence-corrected chi connectivity index (χ3v) is 6.07. The van der Waals surface area contributed by atoms with E-state index in [0.717, 1.165) is 30.9 Å². The molecule has 2 aromatic carbocycles. The Hall–Kier alpha value is -0.555. The fourth-order valence-electron chi connectivity index (χ4n) is 2.68. The van der Waals surface area contributed by atoms with Crippen LogP contribution in [0.5, 0.6) is 5.75 Å². The van der Waals surface area contributed by atoms with E-state index in [2.05, 4.69) is 71.7 Å². The van der Waals surface area contributed by atoms with Crippen molar-refractivity contribution < 1.29 is 14.0 Å². The van der Waals surface area contributed by atoms with Gasteiger partial charge in [0.2, 0.25) is 0 Å². The number of hydrogen-bond donors (Lipinski definition) is 0. The molecule has 0 N–H and O–H groups in total. The molecule has 0 aromatic heterocycles. The first kappa shape index (κ1) is 17.3. The van der Waals surface area contributed by atoms with Crippen LogP contribution in [0.25, 0.3) is 10.8 Å². The molecule has 0 saturated carbocycles. The number of methoxy groups -OCH3 is 1.